The molecule has 0 N–H and O–H groups in total. The second-order valence-corrected chi connectivity index (χ2v) is 8.53. The number of benzene rings is 2. The van der Waals surface area contributed by atoms with Crippen molar-refractivity contribution in [1.29, 1.82) is 0 Å². The van der Waals surface area contributed by atoms with Crippen LogP contribution in [0.2, 0.25) is 10.0 Å². The highest BCUT2D eigenvalue weighted by Crippen LogP contribution is 2.32. The highest BCUT2D eigenvalue weighted by molar-refractivity contribution is 7.85. The molecule has 29 heavy (non-hydrogen) atoms. The molecular formula is C20H19Cl2FO5S. The minimum absolute atomic E-state index is 0.154. The fourth-order valence-electron chi connectivity index (χ4n) is 2.44. The molecule has 156 valence electrons. The zero-order valence-corrected chi connectivity index (χ0v) is 17.9. The first-order chi connectivity index (χ1) is 13.8. The summed E-state index contributed by atoms with van der Waals surface area (Å²) >= 11 is 12.3. The van der Waals surface area contributed by atoms with Gasteiger partial charge in [0.25, 0.3) is 0 Å². The maximum Gasteiger partial charge on any atom is 0.313 e. The van der Waals surface area contributed by atoms with Crippen molar-refractivity contribution in [3.8, 4) is 5.75 Å². The standard InChI is InChI=1S/C20H19Cl2FO5S/c1-27-20(25)10-16(24)12-29(26)7-6-17-18(22)8-14(21)9-19(17)28-11-13-2-4-15(23)5-3-13/h2-5,8-9H,6-7,10-12H2,1H3. The van der Waals surface area contributed by atoms with Crippen LogP contribution in [0.4, 0.5) is 4.39 Å². The Morgan fingerprint density at radius 3 is 2.48 bits per heavy atom. The summed E-state index contributed by atoms with van der Waals surface area (Å²) < 4.78 is 35.4. The van der Waals surface area contributed by atoms with Crippen LogP contribution >= 0.6 is 23.2 Å². The summed E-state index contributed by atoms with van der Waals surface area (Å²) in [7, 11) is -0.297. The van der Waals surface area contributed by atoms with Crippen LogP contribution in [0.1, 0.15) is 17.5 Å². The van der Waals surface area contributed by atoms with Gasteiger partial charge >= 0.3 is 5.97 Å². The monoisotopic (exact) mass is 460 g/mol. The van der Waals surface area contributed by atoms with Crippen LogP contribution in [-0.4, -0.2) is 34.6 Å². The zero-order valence-electron chi connectivity index (χ0n) is 15.6. The molecule has 2 aromatic rings. The van der Waals surface area contributed by atoms with Gasteiger partial charge in [-0.05, 0) is 36.2 Å². The molecule has 0 saturated heterocycles. The van der Waals surface area contributed by atoms with E-state index in [4.69, 9.17) is 27.9 Å². The fourth-order valence-corrected chi connectivity index (χ4v) is 4.05. The lowest BCUT2D eigenvalue weighted by molar-refractivity contribution is -0.142. The molecule has 0 fully saturated rings. The average molecular weight is 461 g/mol. The van der Waals surface area contributed by atoms with Crippen molar-refractivity contribution < 1.29 is 27.7 Å². The fraction of sp³-hybridized carbons (Fsp3) is 0.300. The molecule has 0 aromatic heterocycles. The number of carbonyl (C=O) groups excluding carboxylic acids is 2. The van der Waals surface area contributed by atoms with Gasteiger partial charge in [0.1, 0.15) is 24.6 Å². The van der Waals surface area contributed by atoms with E-state index >= 15 is 0 Å². The molecule has 1 atom stereocenters. The first-order valence-electron chi connectivity index (χ1n) is 8.57. The lowest BCUT2D eigenvalue weighted by Crippen LogP contribution is -2.18. The second kappa shape index (κ2) is 11.3. The van der Waals surface area contributed by atoms with Crippen LogP contribution in [0, 0.1) is 5.82 Å². The minimum Gasteiger partial charge on any atom is -0.489 e. The van der Waals surface area contributed by atoms with Crippen molar-refractivity contribution in [1.82, 2.24) is 0 Å². The van der Waals surface area contributed by atoms with Crippen molar-refractivity contribution in [2.75, 3.05) is 18.6 Å². The molecule has 0 aliphatic heterocycles. The summed E-state index contributed by atoms with van der Waals surface area (Å²) in [6.45, 7) is 0.171. The molecule has 0 spiro atoms. The number of Topliss-reactive ketones (excluding diaryl/α,β-unsaturated/α-hetero) is 1. The lowest BCUT2D eigenvalue weighted by Gasteiger charge is -2.14. The number of hydrogen-bond acceptors (Lipinski definition) is 5. The SMILES string of the molecule is COC(=O)CC(=O)CS(=O)CCc1c(Cl)cc(Cl)cc1OCc1ccc(F)cc1. The molecule has 0 amide bonds. The average Bonchev–Trinajstić information content (AvgIpc) is 2.66. The van der Waals surface area contributed by atoms with E-state index in [1.165, 1.54) is 19.2 Å². The maximum absolute atomic E-state index is 13.0. The molecule has 0 saturated carbocycles. The van der Waals surface area contributed by atoms with Crippen LogP contribution in [0.15, 0.2) is 36.4 Å². The topological polar surface area (TPSA) is 69.7 Å². The number of hydrogen-bond donors (Lipinski definition) is 0. The summed E-state index contributed by atoms with van der Waals surface area (Å²) in [5.41, 5.74) is 1.36. The van der Waals surface area contributed by atoms with Crippen molar-refractivity contribution in [2.24, 2.45) is 0 Å². The zero-order chi connectivity index (χ0) is 21.4. The van der Waals surface area contributed by atoms with Gasteiger partial charge in [0.05, 0.1) is 12.9 Å². The largest absolute Gasteiger partial charge is 0.489 e. The molecule has 0 aliphatic rings. The van der Waals surface area contributed by atoms with E-state index in [-0.39, 0.29) is 30.4 Å². The van der Waals surface area contributed by atoms with E-state index in [2.05, 4.69) is 4.74 Å². The van der Waals surface area contributed by atoms with Crippen LogP contribution in [0.25, 0.3) is 0 Å². The molecule has 0 radical (unpaired) electrons. The number of rotatable bonds is 10. The van der Waals surface area contributed by atoms with E-state index in [9.17, 15) is 18.2 Å². The highest BCUT2D eigenvalue weighted by atomic mass is 35.5. The summed E-state index contributed by atoms with van der Waals surface area (Å²) in [5, 5.41) is 0.728. The Balaban J connectivity index is 2.02. The molecule has 0 heterocycles. The lowest BCUT2D eigenvalue weighted by atomic mass is 10.1. The maximum atomic E-state index is 13.0. The molecule has 5 nitrogen and oxygen atoms in total. The Hall–Kier alpha value is -1.96. The van der Waals surface area contributed by atoms with E-state index in [0.717, 1.165) is 5.56 Å². The van der Waals surface area contributed by atoms with Gasteiger partial charge < -0.3 is 9.47 Å². The van der Waals surface area contributed by atoms with Gasteiger partial charge in [-0.3, -0.25) is 13.8 Å². The number of esters is 1. The Morgan fingerprint density at radius 2 is 1.83 bits per heavy atom. The van der Waals surface area contributed by atoms with Gasteiger partial charge in [-0.25, -0.2) is 4.39 Å². The second-order valence-electron chi connectivity index (χ2n) is 6.11. The predicted octanol–water partition coefficient (Wildman–Crippen LogP) is 4.13. The van der Waals surface area contributed by atoms with Crippen molar-refractivity contribution >= 4 is 45.8 Å². The Bertz CT molecular complexity index is 902. The highest BCUT2D eigenvalue weighted by Gasteiger charge is 2.16. The first-order valence-corrected chi connectivity index (χ1v) is 10.8. The minimum atomic E-state index is -1.48. The summed E-state index contributed by atoms with van der Waals surface area (Å²) in [6.07, 6.45) is -0.122. The number of methoxy groups -OCH3 is 1. The predicted molar refractivity (Wildman–Crippen MR) is 110 cm³/mol. The quantitative estimate of drug-likeness (QED) is 0.393. The van der Waals surface area contributed by atoms with Gasteiger partial charge in [-0.2, -0.15) is 0 Å². The van der Waals surface area contributed by atoms with Crippen LogP contribution in [0.3, 0.4) is 0 Å². The Kier molecular flexibility index (Phi) is 9.07. The first kappa shape index (κ1) is 23.3. The normalized spacial score (nSPS) is 11.7. The molecular weight excluding hydrogens is 442 g/mol. The molecule has 1 unspecified atom stereocenters. The Morgan fingerprint density at radius 1 is 1.14 bits per heavy atom. The van der Waals surface area contributed by atoms with Gasteiger partial charge in [0.15, 0.2) is 5.78 Å². The van der Waals surface area contributed by atoms with Crippen molar-refractivity contribution in [3.05, 3.63) is 63.4 Å². The molecule has 0 aliphatic carbocycles. The van der Waals surface area contributed by atoms with Crippen LogP contribution in [0.5, 0.6) is 5.75 Å². The third-order valence-corrected chi connectivity index (χ3v) is 5.76. The smallest absolute Gasteiger partial charge is 0.313 e. The van der Waals surface area contributed by atoms with Crippen molar-refractivity contribution in [2.45, 2.75) is 19.4 Å². The third-order valence-electron chi connectivity index (χ3n) is 3.90. The molecule has 2 aromatic carbocycles. The molecule has 0 bridgehead atoms. The number of ketones is 1. The Labute approximate surface area is 180 Å². The van der Waals surface area contributed by atoms with Gasteiger partial charge in [0.2, 0.25) is 0 Å². The number of halogens is 3. The summed E-state index contributed by atoms with van der Waals surface area (Å²) in [5.74, 6) is -1.13. The molecule has 2 rings (SSSR count). The van der Waals surface area contributed by atoms with Gasteiger partial charge in [-0.15, -0.1) is 0 Å². The van der Waals surface area contributed by atoms with Gasteiger partial charge in [0, 0.05) is 32.2 Å². The molecule has 9 heteroatoms. The van der Waals surface area contributed by atoms with Crippen LogP contribution in [-0.2, 0) is 38.2 Å². The van der Waals surface area contributed by atoms with Crippen LogP contribution < -0.4 is 4.74 Å². The van der Waals surface area contributed by atoms with E-state index < -0.39 is 29.0 Å². The number of carbonyl (C=O) groups is 2. The summed E-state index contributed by atoms with van der Waals surface area (Å²) in [4.78, 5) is 22.8. The number of ether oxygens (including phenoxy) is 2. The summed E-state index contributed by atoms with van der Waals surface area (Å²) in [6, 6.07) is 9.01. The van der Waals surface area contributed by atoms with Gasteiger partial charge in [-0.1, -0.05) is 35.3 Å². The van der Waals surface area contributed by atoms with Crippen molar-refractivity contribution in [3.63, 3.8) is 0 Å². The third kappa shape index (κ3) is 7.76. The van der Waals surface area contributed by atoms with E-state index in [1.807, 2.05) is 0 Å². The van der Waals surface area contributed by atoms with E-state index in [0.29, 0.717) is 21.4 Å². The van der Waals surface area contributed by atoms with E-state index in [1.54, 1.807) is 24.3 Å².